The van der Waals surface area contributed by atoms with Gasteiger partial charge in [0.15, 0.2) is 0 Å². The van der Waals surface area contributed by atoms with Crippen molar-refractivity contribution in [2.75, 3.05) is 32.1 Å². The molecular formula is C12H21N5. The van der Waals surface area contributed by atoms with Gasteiger partial charge in [0.25, 0.3) is 0 Å². The van der Waals surface area contributed by atoms with Crippen LogP contribution in [0.15, 0.2) is 12.3 Å². The molecule has 1 aliphatic rings. The van der Waals surface area contributed by atoms with Crippen LogP contribution in [0, 0.1) is 0 Å². The van der Waals surface area contributed by atoms with Crippen molar-refractivity contribution in [2.24, 2.45) is 5.73 Å². The summed E-state index contributed by atoms with van der Waals surface area (Å²) in [7, 11) is 3.90. The van der Waals surface area contributed by atoms with Crippen LogP contribution in [0.4, 0.5) is 5.95 Å². The minimum absolute atomic E-state index is 0.180. The second kappa shape index (κ2) is 4.98. The van der Waals surface area contributed by atoms with Gasteiger partial charge in [0.05, 0.1) is 11.7 Å². The van der Waals surface area contributed by atoms with Crippen molar-refractivity contribution >= 4 is 5.95 Å². The minimum Gasteiger partial charge on any atom is -0.347 e. The van der Waals surface area contributed by atoms with Gasteiger partial charge in [-0.25, -0.2) is 9.97 Å². The predicted octanol–water partition coefficient (Wildman–Crippen LogP) is 0.637. The van der Waals surface area contributed by atoms with Gasteiger partial charge in [-0.05, 0) is 19.0 Å². The van der Waals surface area contributed by atoms with Gasteiger partial charge in [0.1, 0.15) is 0 Å². The Hall–Kier alpha value is -1.20. The van der Waals surface area contributed by atoms with E-state index in [1.54, 1.807) is 0 Å². The van der Waals surface area contributed by atoms with E-state index in [0.717, 1.165) is 31.2 Å². The summed E-state index contributed by atoms with van der Waals surface area (Å²) in [4.78, 5) is 13.1. The molecule has 5 nitrogen and oxygen atoms in total. The molecule has 0 spiro atoms. The summed E-state index contributed by atoms with van der Waals surface area (Å²) >= 11 is 0. The topological polar surface area (TPSA) is 58.3 Å². The van der Waals surface area contributed by atoms with E-state index < -0.39 is 0 Å². The van der Waals surface area contributed by atoms with E-state index in [1.165, 1.54) is 0 Å². The molecule has 2 heterocycles. The molecule has 1 aliphatic heterocycles. The van der Waals surface area contributed by atoms with Crippen LogP contribution in [0.5, 0.6) is 0 Å². The van der Waals surface area contributed by atoms with E-state index in [4.69, 9.17) is 5.73 Å². The molecule has 0 bridgehead atoms. The monoisotopic (exact) mass is 235 g/mol. The van der Waals surface area contributed by atoms with Gasteiger partial charge in [0, 0.05) is 32.9 Å². The zero-order chi connectivity index (χ0) is 12.4. The molecule has 0 aromatic carbocycles. The number of anilines is 1. The normalized spacial score (nSPS) is 25.2. The van der Waals surface area contributed by atoms with Gasteiger partial charge in [-0.2, -0.15) is 0 Å². The number of rotatable bonds is 3. The smallest absolute Gasteiger partial charge is 0.225 e. The molecule has 1 fully saturated rings. The molecule has 2 rings (SSSR count). The Morgan fingerprint density at radius 2 is 2.29 bits per heavy atom. The fraction of sp³-hybridized carbons (Fsp3) is 0.667. The van der Waals surface area contributed by atoms with Crippen molar-refractivity contribution in [3.05, 3.63) is 18.0 Å². The van der Waals surface area contributed by atoms with Crippen LogP contribution in [-0.4, -0.2) is 48.1 Å². The minimum atomic E-state index is 0.180. The maximum absolute atomic E-state index is 6.19. The van der Waals surface area contributed by atoms with Crippen LogP contribution in [-0.2, 0) is 0 Å². The fourth-order valence-electron chi connectivity index (χ4n) is 2.39. The van der Waals surface area contributed by atoms with Gasteiger partial charge < -0.3 is 10.6 Å². The predicted molar refractivity (Wildman–Crippen MR) is 68.9 cm³/mol. The number of nitrogens with two attached hydrogens (primary N) is 1. The van der Waals surface area contributed by atoms with Crippen LogP contribution in [0.2, 0.25) is 0 Å². The molecule has 0 amide bonds. The Bertz CT molecular complexity index is 379. The van der Waals surface area contributed by atoms with E-state index in [2.05, 4.69) is 21.8 Å². The number of aromatic nitrogens is 2. The summed E-state index contributed by atoms with van der Waals surface area (Å²) in [6, 6.07) is 2.40. The van der Waals surface area contributed by atoms with Gasteiger partial charge in [0.2, 0.25) is 5.95 Å². The highest BCUT2D eigenvalue weighted by Crippen LogP contribution is 2.29. The van der Waals surface area contributed by atoms with Crippen molar-refractivity contribution in [2.45, 2.75) is 25.4 Å². The van der Waals surface area contributed by atoms with Crippen molar-refractivity contribution in [1.29, 1.82) is 0 Å². The number of nitrogens with zero attached hydrogens (tertiary/aromatic N) is 4. The third kappa shape index (κ3) is 2.40. The molecule has 94 valence electrons. The first-order valence-corrected chi connectivity index (χ1v) is 6.13. The maximum Gasteiger partial charge on any atom is 0.225 e. The van der Waals surface area contributed by atoms with E-state index in [0.29, 0.717) is 0 Å². The van der Waals surface area contributed by atoms with E-state index in [-0.39, 0.29) is 12.1 Å². The third-order valence-corrected chi connectivity index (χ3v) is 3.32. The van der Waals surface area contributed by atoms with E-state index >= 15 is 0 Å². The molecule has 0 aliphatic carbocycles. The lowest BCUT2D eigenvalue weighted by Gasteiger charge is -2.25. The van der Waals surface area contributed by atoms with Gasteiger partial charge >= 0.3 is 0 Å². The standard InChI is InChI=1S/C12H21N5/c1-4-17-8-6-9(13)11(17)10-5-7-14-12(15-10)16(2)3/h5,7,9,11H,4,6,8,13H2,1-3H3. The Kier molecular flexibility index (Phi) is 3.59. The SMILES string of the molecule is CCN1CCC(N)C1c1ccnc(N(C)C)n1. The summed E-state index contributed by atoms with van der Waals surface area (Å²) in [5.74, 6) is 0.748. The van der Waals surface area contributed by atoms with Crippen LogP contribution < -0.4 is 10.6 Å². The summed E-state index contributed by atoms with van der Waals surface area (Å²) in [5, 5.41) is 0. The van der Waals surface area contributed by atoms with Crippen molar-refractivity contribution < 1.29 is 0 Å². The Morgan fingerprint density at radius 3 is 2.94 bits per heavy atom. The lowest BCUT2D eigenvalue weighted by atomic mass is 10.1. The average molecular weight is 235 g/mol. The van der Waals surface area contributed by atoms with Crippen LogP contribution in [0.1, 0.15) is 25.1 Å². The molecular weight excluding hydrogens is 214 g/mol. The lowest BCUT2D eigenvalue weighted by molar-refractivity contribution is 0.256. The molecule has 2 N–H and O–H groups in total. The third-order valence-electron chi connectivity index (χ3n) is 3.32. The molecule has 0 saturated carbocycles. The van der Waals surface area contributed by atoms with Crippen molar-refractivity contribution in [1.82, 2.24) is 14.9 Å². The highest BCUT2D eigenvalue weighted by molar-refractivity contribution is 5.29. The molecule has 2 unspecified atom stereocenters. The number of hydrogen-bond donors (Lipinski definition) is 1. The zero-order valence-electron chi connectivity index (χ0n) is 10.8. The molecule has 5 heteroatoms. The summed E-state index contributed by atoms with van der Waals surface area (Å²) in [6.45, 7) is 4.24. The first kappa shape index (κ1) is 12.3. The van der Waals surface area contributed by atoms with Crippen molar-refractivity contribution in [3.63, 3.8) is 0 Å². The van der Waals surface area contributed by atoms with Gasteiger partial charge in [-0.3, -0.25) is 4.90 Å². The number of likely N-dealkylation sites (tertiary alicyclic amines) is 1. The first-order chi connectivity index (χ1) is 8.13. The van der Waals surface area contributed by atoms with E-state index in [9.17, 15) is 0 Å². The Labute approximate surface area is 103 Å². The highest BCUT2D eigenvalue weighted by Gasteiger charge is 2.33. The fourth-order valence-corrected chi connectivity index (χ4v) is 2.39. The van der Waals surface area contributed by atoms with Crippen LogP contribution in [0.25, 0.3) is 0 Å². The average Bonchev–Trinajstić information content (AvgIpc) is 2.70. The second-order valence-corrected chi connectivity index (χ2v) is 4.70. The summed E-state index contributed by atoms with van der Waals surface area (Å²) in [6.07, 6.45) is 2.86. The van der Waals surface area contributed by atoms with Crippen molar-refractivity contribution in [3.8, 4) is 0 Å². The molecule has 0 radical (unpaired) electrons. The quantitative estimate of drug-likeness (QED) is 0.833. The van der Waals surface area contributed by atoms with Gasteiger partial charge in [-0.15, -0.1) is 0 Å². The van der Waals surface area contributed by atoms with Crippen LogP contribution in [0.3, 0.4) is 0 Å². The van der Waals surface area contributed by atoms with E-state index in [1.807, 2.05) is 31.3 Å². The molecule has 1 aromatic heterocycles. The molecule has 2 atom stereocenters. The zero-order valence-corrected chi connectivity index (χ0v) is 10.8. The number of hydrogen-bond acceptors (Lipinski definition) is 5. The summed E-state index contributed by atoms with van der Waals surface area (Å²) in [5.41, 5.74) is 7.23. The maximum atomic E-state index is 6.19. The van der Waals surface area contributed by atoms with Gasteiger partial charge in [-0.1, -0.05) is 6.92 Å². The molecule has 17 heavy (non-hydrogen) atoms. The van der Waals surface area contributed by atoms with Crippen LogP contribution >= 0.6 is 0 Å². The number of likely N-dealkylation sites (N-methyl/N-ethyl adjacent to an activating group) is 1. The second-order valence-electron chi connectivity index (χ2n) is 4.70. The summed E-state index contributed by atoms with van der Waals surface area (Å²) < 4.78 is 0. The first-order valence-electron chi connectivity index (χ1n) is 6.13. The molecule has 1 saturated heterocycles. The largest absolute Gasteiger partial charge is 0.347 e. The Balaban J connectivity index is 2.29. The highest BCUT2D eigenvalue weighted by atomic mass is 15.2. The lowest BCUT2D eigenvalue weighted by Crippen LogP contribution is -2.32. The molecule has 1 aromatic rings. The Morgan fingerprint density at radius 1 is 1.53 bits per heavy atom.